The first-order valence-electron chi connectivity index (χ1n) is 8.74. The molecule has 0 aliphatic rings. The summed E-state index contributed by atoms with van der Waals surface area (Å²) in [6, 6.07) is 21.0. The molecule has 0 aliphatic heterocycles. The van der Waals surface area contributed by atoms with Crippen LogP contribution in [0.2, 0.25) is 0 Å². The van der Waals surface area contributed by atoms with Crippen LogP contribution in [0.4, 0.5) is 0 Å². The molecule has 0 aliphatic carbocycles. The summed E-state index contributed by atoms with van der Waals surface area (Å²) in [6.07, 6.45) is 3.54. The molecule has 8 nitrogen and oxygen atoms in total. The second-order valence-electron chi connectivity index (χ2n) is 5.82. The molecular weight excluding hydrogens is 485 g/mol. The summed E-state index contributed by atoms with van der Waals surface area (Å²) in [4.78, 5) is 36.8. The Bertz CT molecular complexity index is 1070. The van der Waals surface area contributed by atoms with Crippen molar-refractivity contribution in [2.24, 2.45) is 0 Å². The molecule has 0 fully saturated rings. The summed E-state index contributed by atoms with van der Waals surface area (Å²) >= 11 is 0. The molecule has 0 radical (unpaired) electrons. The molecule has 4 heterocycles. The Kier molecular flexibility index (Phi) is 8.60. The van der Waals surface area contributed by atoms with Gasteiger partial charge in [-0.15, -0.1) is 0 Å². The number of hydrogen-bond donors (Lipinski definition) is 0. The minimum atomic E-state index is -1.52. The van der Waals surface area contributed by atoms with Gasteiger partial charge in [0.25, 0.3) is 0 Å². The van der Waals surface area contributed by atoms with Crippen molar-refractivity contribution in [2.75, 3.05) is 0 Å². The molecule has 0 bridgehead atoms. The number of carboxylic acids is 2. The van der Waals surface area contributed by atoms with Crippen molar-refractivity contribution < 1.29 is 39.3 Å². The van der Waals surface area contributed by atoms with Gasteiger partial charge in [0.2, 0.25) is 0 Å². The molecule has 154 valence electrons. The van der Waals surface area contributed by atoms with Crippen LogP contribution in [0, 0.1) is 0 Å². The largest absolute Gasteiger partial charge is 2.00 e. The van der Waals surface area contributed by atoms with Gasteiger partial charge >= 0.3 is 19.5 Å². The van der Waals surface area contributed by atoms with Crippen molar-refractivity contribution in [3.8, 4) is 22.8 Å². The van der Waals surface area contributed by atoms with E-state index >= 15 is 0 Å². The van der Waals surface area contributed by atoms with Crippen LogP contribution in [0.15, 0.2) is 85.2 Å². The SMILES string of the molecule is O=C([O-])c1cccc(C(=O)[O-])n1.[Ru+2].c1ccc(-c2cccc(-c3ccccn3)n2)nc1. The van der Waals surface area contributed by atoms with Crippen LogP contribution in [-0.2, 0) is 19.5 Å². The summed E-state index contributed by atoms with van der Waals surface area (Å²) in [5.74, 6) is -3.03. The summed E-state index contributed by atoms with van der Waals surface area (Å²) in [5.41, 5.74) is 2.62. The van der Waals surface area contributed by atoms with Crippen LogP contribution in [-0.4, -0.2) is 31.9 Å². The number of nitrogens with zero attached hydrogens (tertiary/aromatic N) is 4. The number of hydrogen-bond acceptors (Lipinski definition) is 8. The molecule has 0 unspecified atom stereocenters. The molecule has 0 saturated heterocycles. The monoisotopic (exact) mass is 500 g/mol. The summed E-state index contributed by atoms with van der Waals surface area (Å²) in [6.45, 7) is 0. The van der Waals surface area contributed by atoms with Gasteiger partial charge in [0, 0.05) is 12.4 Å². The van der Waals surface area contributed by atoms with Gasteiger partial charge in [0.1, 0.15) is 0 Å². The van der Waals surface area contributed by atoms with Crippen molar-refractivity contribution in [2.45, 2.75) is 0 Å². The van der Waals surface area contributed by atoms with E-state index in [9.17, 15) is 19.8 Å². The number of rotatable bonds is 4. The number of pyridine rings is 4. The number of aromatic nitrogens is 4. The van der Waals surface area contributed by atoms with Gasteiger partial charge in [-0.25, -0.2) is 9.97 Å². The zero-order valence-corrected chi connectivity index (χ0v) is 17.6. The van der Waals surface area contributed by atoms with E-state index in [-0.39, 0.29) is 19.5 Å². The number of carbonyl (C=O) groups is 2. The minimum absolute atomic E-state index is 0. The van der Waals surface area contributed by atoms with Crippen LogP contribution in [0.3, 0.4) is 0 Å². The van der Waals surface area contributed by atoms with E-state index < -0.39 is 23.3 Å². The van der Waals surface area contributed by atoms with Gasteiger partial charge < -0.3 is 19.8 Å². The Morgan fingerprint density at radius 2 is 0.968 bits per heavy atom. The molecule has 4 aromatic heterocycles. The zero-order valence-electron chi connectivity index (χ0n) is 15.9. The molecule has 4 rings (SSSR count). The third kappa shape index (κ3) is 6.59. The molecule has 31 heavy (non-hydrogen) atoms. The van der Waals surface area contributed by atoms with Crippen LogP contribution < -0.4 is 10.2 Å². The maximum Gasteiger partial charge on any atom is 2.00 e. The predicted molar refractivity (Wildman–Crippen MR) is 104 cm³/mol. The fraction of sp³-hybridized carbons (Fsp3) is 0. The van der Waals surface area contributed by atoms with E-state index in [1.165, 1.54) is 6.07 Å². The van der Waals surface area contributed by atoms with Gasteiger partial charge in [-0.3, -0.25) is 9.97 Å². The zero-order chi connectivity index (χ0) is 21.3. The normalized spacial score (nSPS) is 9.55. The van der Waals surface area contributed by atoms with E-state index in [1.54, 1.807) is 12.4 Å². The van der Waals surface area contributed by atoms with E-state index in [1.807, 2.05) is 54.6 Å². The molecule has 9 heteroatoms. The van der Waals surface area contributed by atoms with E-state index in [0.29, 0.717) is 0 Å². The fourth-order valence-corrected chi connectivity index (χ4v) is 2.41. The molecule has 0 aromatic carbocycles. The van der Waals surface area contributed by atoms with Gasteiger partial charge in [-0.05, 0) is 48.5 Å². The van der Waals surface area contributed by atoms with E-state index in [2.05, 4.69) is 19.9 Å². The van der Waals surface area contributed by atoms with Crippen molar-refractivity contribution in [1.29, 1.82) is 0 Å². The first kappa shape index (κ1) is 23.4. The van der Waals surface area contributed by atoms with Crippen LogP contribution >= 0.6 is 0 Å². The van der Waals surface area contributed by atoms with Crippen LogP contribution in [0.5, 0.6) is 0 Å². The third-order valence-electron chi connectivity index (χ3n) is 3.77. The Balaban J connectivity index is 0.000000231. The fourth-order valence-electron chi connectivity index (χ4n) is 2.41. The molecule has 0 N–H and O–H groups in total. The smallest absolute Gasteiger partial charge is 0.543 e. The van der Waals surface area contributed by atoms with Gasteiger partial charge in [0.05, 0.1) is 46.1 Å². The van der Waals surface area contributed by atoms with Gasteiger partial charge in [-0.2, -0.15) is 0 Å². The average molecular weight is 499 g/mol. The minimum Gasteiger partial charge on any atom is -0.543 e. The van der Waals surface area contributed by atoms with Crippen molar-refractivity contribution in [3.05, 3.63) is 96.6 Å². The second-order valence-corrected chi connectivity index (χ2v) is 5.82. The summed E-state index contributed by atoms with van der Waals surface area (Å²) < 4.78 is 0. The van der Waals surface area contributed by atoms with Crippen molar-refractivity contribution in [3.63, 3.8) is 0 Å². The molecule has 0 spiro atoms. The quantitative estimate of drug-likeness (QED) is 0.380. The first-order valence-corrected chi connectivity index (χ1v) is 8.74. The second kappa shape index (κ2) is 11.4. The molecule has 0 atom stereocenters. The average Bonchev–Trinajstić information content (AvgIpc) is 2.81. The van der Waals surface area contributed by atoms with Crippen LogP contribution in [0.25, 0.3) is 22.8 Å². The molecule has 0 amide bonds. The summed E-state index contributed by atoms with van der Waals surface area (Å²) in [5, 5.41) is 20.4. The van der Waals surface area contributed by atoms with Gasteiger partial charge in [-0.1, -0.05) is 24.3 Å². The Morgan fingerprint density at radius 1 is 0.548 bits per heavy atom. The van der Waals surface area contributed by atoms with Crippen molar-refractivity contribution in [1.82, 2.24) is 19.9 Å². The standard InChI is InChI=1S/C15H11N3.C7H5NO4.Ru/c1-3-10-16-12(6-1)14-8-5-9-15(18-14)13-7-2-4-11-17-13;9-6(10)4-2-1-3-5(8-4)7(11)12;/h1-11H;1-3H,(H,9,10)(H,11,12);/q;;+2/p-2. The Morgan fingerprint density at radius 3 is 1.35 bits per heavy atom. The summed E-state index contributed by atoms with van der Waals surface area (Å²) in [7, 11) is 0. The molecule has 0 saturated carbocycles. The van der Waals surface area contributed by atoms with E-state index in [0.717, 1.165) is 34.9 Å². The number of carbonyl (C=O) groups excluding carboxylic acids is 2. The van der Waals surface area contributed by atoms with E-state index in [4.69, 9.17) is 0 Å². The molecule has 4 aromatic rings. The van der Waals surface area contributed by atoms with Gasteiger partial charge in [0.15, 0.2) is 0 Å². The number of carboxylic acid groups (broad SMARTS) is 2. The maximum atomic E-state index is 10.2. The maximum absolute atomic E-state index is 10.2. The first-order chi connectivity index (χ1) is 14.5. The topological polar surface area (TPSA) is 132 Å². The molecular formula is C22H14N4O4Ru. The number of aromatic carboxylic acids is 2. The Hall–Kier alpha value is -3.84. The van der Waals surface area contributed by atoms with Crippen LogP contribution in [0.1, 0.15) is 21.0 Å². The third-order valence-corrected chi connectivity index (χ3v) is 3.77. The Labute approximate surface area is 190 Å². The predicted octanol–water partition coefficient (Wildman–Crippen LogP) is 1.01. The van der Waals surface area contributed by atoms with Crippen molar-refractivity contribution >= 4 is 11.9 Å².